The molecular formula is C15H22FNO. The van der Waals surface area contributed by atoms with E-state index in [1.54, 1.807) is 0 Å². The van der Waals surface area contributed by atoms with E-state index in [2.05, 4.69) is 25.7 Å². The van der Waals surface area contributed by atoms with Crippen molar-refractivity contribution >= 4 is 0 Å². The minimum absolute atomic E-state index is 0.261. The molecule has 1 aromatic carbocycles. The smallest absolute Gasteiger partial charge is 0.127 e. The lowest BCUT2D eigenvalue weighted by atomic mass is 10.2. The minimum Gasteiger partial charge on any atom is -0.493 e. The van der Waals surface area contributed by atoms with Crippen LogP contribution in [0.1, 0.15) is 32.8 Å². The van der Waals surface area contributed by atoms with Gasteiger partial charge in [-0.15, -0.1) is 6.58 Å². The highest BCUT2D eigenvalue weighted by Crippen LogP contribution is 2.17. The third-order valence-corrected chi connectivity index (χ3v) is 2.44. The quantitative estimate of drug-likeness (QED) is 0.747. The minimum atomic E-state index is -0.261. The van der Waals surface area contributed by atoms with E-state index in [9.17, 15) is 4.39 Å². The largest absolute Gasteiger partial charge is 0.493 e. The molecule has 3 heteroatoms. The zero-order valence-electron chi connectivity index (χ0n) is 11.4. The molecule has 2 nitrogen and oxygen atoms in total. The van der Waals surface area contributed by atoms with Crippen LogP contribution in [0.3, 0.4) is 0 Å². The molecular weight excluding hydrogens is 229 g/mol. The Balaban J connectivity index is 2.59. The normalized spacial score (nSPS) is 10.7. The molecule has 0 saturated carbocycles. The molecule has 0 bridgehead atoms. The van der Waals surface area contributed by atoms with Crippen molar-refractivity contribution in [1.29, 1.82) is 0 Å². The van der Waals surface area contributed by atoms with Gasteiger partial charge in [-0.05, 0) is 24.6 Å². The van der Waals surface area contributed by atoms with Crippen molar-refractivity contribution in [1.82, 2.24) is 5.32 Å². The Morgan fingerprint density at radius 2 is 2.11 bits per heavy atom. The third-order valence-electron chi connectivity index (χ3n) is 2.44. The molecule has 18 heavy (non-hydrogen) atoms. The molecule has 1 N–H and O–H groups in total. The highest BCUT2D eigenvalue weighted by atomic mass is 19.1. The molecule has 0 atom stereocenters. The van der Waals surface area contributed by atoms with Gasteiger partial charge in [-0.3, -0.25) is 0 Å². The van der Waals surface area contributed by atoms with Crippen LogP contribution in [0.4, 0.5) is 4.39 Å². The summed E-state index contributed by atoms with van der Waals surface area (Å²) in [6.45, 7) is 11.1. The highest BCUT2D eigenvalue weighted by molar-refractivity contribution is 5.29. The molecule has 0 radical (unpaired) electrons. The predicted octanol–water partition coefficient (Wildman–Crippen LogP) is 3.67. The number of hydrogen-bond donors (Lipinski definition) is 1. The van der Waals surface area contributed by atoms with Gasteiger partial charge in [-0.1, -0.05) is 19.4 Å². The number of hydrogen-bond acceptors (Lipinski definition) is 2. The molecule has 0 aromatic heterocycles. The van der Waals surface area contributed by atoms with Gasteiger partial charge in [-0.2, -0.15) is 0 Å². The Bertz CT molecular complexity index is 401. The lowest BCUT2D eigenvalue weighted by Gasteiger charge is -2.11. The summed E-state index contributed by atoms with van der Waals surface area (Å²) in [4.78, 5) is 0. The molecule has 0 unspecified atom stereocenters. The van der Waals surface area contributed by atoms with Crippen LogP contribution in [0.15, 0.2) is 30.4 Å². The van der Waals surface area contributed by atoms with E-state index in [-0.39, 0.29) is 5.82 Å². The molecule has 1 aromatic rings. The van der Waals surface area contributed by atoms with Crippen molar-refractivity contribution in [3.05, 3.63) is 41.7 Å². The Morgan fingerprint density at radius 1 is 1.39 bits per heavy atom. The van der Waals surface area contributed by atoms with Crippen LogP contribution >= 0.6 is 0 Å². The monoisotopic (exact) mass is 251 g/mol. The zero-order valence-corrected chi connectivity index (χ0v) is 11.4. The summed E-state index contributed by atoms with van der Waals surface area (Å²) >= 11 is 0. The molecule has 0 saturated heterocycles. The molecule has 100 valence electrons. The lowest BCUT2D eigenvalue weighted by molar-refractivity contribution is 0.319. The maximum absolute atomic E-state index is 13.4. The average molecular weight is 251 g/mol. The van der Waals surface area contributed by atoms with Crippen LogP contribution in [0, 0.1) is 5.82 Å². The van der Waals surface area contributed by atoms with E-state index in [0.29, 0.717) is 24.9 Å². The standard InChI is InChI=1S/C15H22FNO/c1-11(2)5-6-18-15-8-13(7-14(16)9-15)10-17-12(3)4/h7-9,12,17H,1,5-6,10H2,2-4H3. The topological polar surface area (TPSA) is 21.3 Å². The van der Waals surface area contributed by atoms with Gasteiger partial charge in [0.1, 0.15) is 11.6 Å². The number of rotatable bonds is 7. The van der Waals surface area contributed by atoms with Gasteiger partial charge >= 0.3 is 0 Å². The fourth-order valence-electron chi connectivity index (χ4n) is 1.47. The van der Waals surface area contributed by atoms with E-state index in [1.807, 2.05) is 13.0 Å². The second-order valence-electron chi connectivity index (χ2n) is 4.89. The van der Waals surface area contributed by atoms with Gasteiger partial charge in [0.25, 0.3) is 0 Å². The summed E-state index contributed by atoms with van der Waals surface area (Å²) in [6, 6.07) is 5.19. The van der Waals surface area contributed by atoms with Crippen LogP contribution in [0.5, 0.6) is 5.75 Å². The first kappa shape index (κ1) is 14.7. The molecule has 0 heterocycles. The van der Waals surface area contributed by atoms with Crippen molar-refractivity contribution in [2.24, 2.45) is 0 Å². The van der Waals surface area contributed by atoms with Crippen LogP contribution in [0.2, 0.25) is 0 Å². The van der Waals surface area contributed by atoms with Gasteiger partial charge in [-0.25, -0.2) is 4.39 Å². The Labute approximate surface area is 109 Å². The fourth-order valence-corrected chi connectivity index (χ4v) is 1.47. The number of ether oxygens (including phenoxy) is 1. The van der Waals surface area contributed by atoms with E-state index >= 15 is 0 Å². The molecule has 0 aliphatic carbocycles. The first-order chi connectivity index (χ1) is 8.47. The summed E-state index contributed by atoms with van der Waals surface area (Å²) in [5.41, 5.74) is 1.96. The van der Waals surface area contributed by atoms with Crippen molar-refractivity contribution in [3.63, 3.8) is 0 Å². The van der Waals surface area contributed by atoms with Crippen molar-refractivity contribution < 1.29 is 9.13 Å². The summed E-state index contributed by atoms with van der Waals surface area (Å²) in [5, 5.41) is 3.25. The van der Waals surface area contributed by atoms with Crippen LogP contribution in [0.25, 0.3) is 0 Å². The Kier molecular flexibility index (Phi) is 5.86. The van der Waals surface area contributed by atoms with Crippen molar-refractivity contribution in [2.45, 2.75) is 39.8 Å². The van der Waals surface area contributed by atoms with E-state index in [0.717, 1.165) is 17.6 Å². The van der Waals surface area contributed by atoms with E-state index in [1.165, 1.54) is 12.1 Å². The highest BCUT2D eigenvalue weighted by Gasteiger charge is 2.03. The molecule has 1 rings (SSSR count). The van der Waals surface area contributed by atoms with Gasteiger partial charge in [0.2, 0.25) is 0 Å². The summed E-state index contributed by atoms with van der Waals surface area (Å²) in [6.07, 6.45) is 0.788. The first-order valence-electron chi connectivity index (χ1n) is 6.27. The molecule has 0 fully saturated rings. The van der Waals surface area contributed by atoms with Gasteiger partial charge < -0.3 is 10.1 Å². The fraction of sp³-hybridized carbons (Fsp3) is 0.467. The van der Waals surface area contributed by atoms with Gasteiger partial charge in [0.05, 0.1) is 6.61 Å². The Hall–Kier alpha value is -1.35. The molecule has 0 aliphatic rings. The van der Waals surface area contributed by atoms with Crippen LogP contribution in [-0.2, 0) is 6.54 Å². The van der Waals surface area contributed by atoms with Crippen LogP contribution < -0.4 is 10.1 Å². The van der Waals surface area contributed by atoms with Crippen molar-refractivity contribution in [2.75, 3.05) is 6.61 Å². The summed E-state index contributed by atoms with van der Waals surface area (Å²) in [7, 11) is 0. The summed E-state index contributed by atoms with van der Waals surface area (Å²) < 4.78 is 18.9. The Morgan fingerprint density at radius 3 is 2.72 bits per heavy atom. The summed E-state index contributed by atoms with van der Waals surface area (Å²) in [5.74, 6) is 0.320. The van der Waals surface area contributed by atoms with E-state index in [4.69, 9.17) is 4.74 Å². The number of halogens is 1. The van der Waals surface area contributed by atoms with Gasteiger partial charge in [0.15, 0.2) is 0 Å². The number of nitrogens with one attached hydrogen (secondary N) is 1. The molecule has 0 amide bonds. The maximum atomic E-state index is 13.4. The van der Waals surface area contributed by atoms with Gasteiger partial charge in [0, 0.05) is 25.1 Å². The SMILES string of the molecule is C=C(C)CCOc1cc(F)cc(CNC(C)C)c1. The molecule has 0 spiro atoms. The predicted molar refractivity (Wildman–Crippen MR) is 73.3 cm³/mol. The lowest BCUT2D eigenvalue weighted by Crippen LogP contribution is -2.21. The second kappa shape index (κ2) is 7.17. The van der Waals surface area contributed by atoms with E-state index < -0.39 is 0 Å². The average Bonchev–Trinajstić information content (AvgIpc) is 2.25. The second-order valence-corrected chi connectivity index (χ2v) is 4.89. The van der Waals surface area contributed by atoms with Crippen molar-refractivity contribution in [3.8, 4) is 5.75 Å². The first-order valence-corrected chi connectivity index (χ1v) is 6.27. The zero-order chi connectivity index (χ0) is 13.5. The molecule has 0 aliphatic heterocycles. The maximum Gasteiger partial charge on any atom is 0.127 e. The third kappa shape index (κ3) is 5.82. The van der Waals surface area contributed by atoms with Crippen LogP contribution in [-0.4, -0.2) is 12.6 Å². The number of benzene rings is 1.